The molecule has 0 fully saturated rings. The van der Waals surface area contributed by atoms with E-state index >= 15 is 0 Å². The Kier molecular flexibility index (Phi) is 5.08. The van der Waals surface area contributed by atoms with Crippen LogP contribution < -0.4 is 15.9 Å². The fraction of sp³-hybridized carbons (Fsp3) is 0.0476. The van der Waals surface area contributed by atoms with Gasteiger partial charge in [0.05, 0.1) is 0 Å². The second kappa shape index (κ2) is 7.42. The van der Waals surface area contributed by atoms with Crippen molar-refractivity contribution in [2.75, 3.05) is 7.11 Å². The molecule has 0 N–H and O–H groups in total. The molecule has 121 valence electrons. The van der Waals surface area contributed by atoms with Crippen molar-refractivity contribution in [3.05, 3.63) is 97.2 Å². The van der Waals surface area contributed by atoms with Gasteiger partial charge in [0.15, 0.2) is 0 Å². The zero-order valence-electron chi connectivity index (χ0n) is 13.6. The SMILES string of the molecule is COC(=O)[CH][PH](c1ccccc1)(c1ccccc1)c1ccccc1. The van der Waals surface area contributed by atoms with Crippen LogP contribution in [0, 0.1) is 6.16 Å². The van der Waals surface area contributed by atoms with Gasteiger partial charge in [0.25, 0.3) is 0 Å². The van der Waals surface area contributed by atoms with Crippen LogP contribution in [0.3, 0.4) is 0 Å². The standard InChI is InChI=1S/C21H20O2P/c1-23-21(22)17-24(18-11-5-2-6-12-18,19-13-7-3-8-14-19)20-15-9-4-10-16-20/h2-17,24H,1H3. The molecule has 0 amide bonds. The van der Waals surface area contributed by atoms with E-state index in [1.54, 1.807) is 6.16 Å². The quantitative estimate of drug-likeness (QED) is 0.529. The number of esters is 1. The summed E-state index contributed by atoms with van der Waals surface area (Å²) < 4.78 is 5.01. The first-order valence-corrected chi connectivity index (χ1v) is 9.95. The Bertz CT molecular complexity index is 689. The van der Waals surface area contributed by atoms with Gasteiger partial charge in [-0.25, -0.2) is 0 Å². The summed E-state index contributed by atoms with van der Waals surface area (Å²) in [4.78, 5) is 12.3. The van der Waals surface area contributed by atoms with Gasteiger partial charge in [0.1, 0.15) is 0 Å². The molecule has 2 nitrogen and oxygen atoms in total. The molecule has 0 aliphatic carbocycles. The molecule has 0 aliphatic rings. The predicted octanol–water partition coefficient (Wildman–Crippen LogP) is 3.05. The van der Waals surface area contributed by atoms with Crippen LogP contribution in [0.2, 0.25) is 0 Å². The number of hydrogen-bond donors (Lipinski definition) is 0. The number of benzene rings is 3. The summed E-state index contributed by atoms with van der Waals surface area (Å²) in [6, 6.07) is 30.7. The van der Waals surface area contributed by atoms with Crippen LogP contribution in [0.1, 0.15) is 0 Å². The molecule has 3 heteroatoms. The zero-order chi connectivity index (χ0) is 16.8. The van der Waals surface area contributed by atoms with Gasteiger partial charge in [-0.2, -0.15) is 0 Å². The number of ether oxygens (including phenoxy) is 1. The minimum absolute atomic E-state index is 0.293. The summed E-state index contributed by atoms with van der Waals surface area (Å²) in [5.41, 5.74) is 0. The topological polar surface area (TPSA) is 26.3 Å². The minimum atomic E-state index is -2.61. The molecule has 0 saturated heterocycles. The fourth-order valence-corrected chi connectivity index (χ4v) is 7.21. The van der Waals surface area contributed by atoms with Crippen LogP contribution in [0.4, 0.5) is 0 Å². The number of rotatable bonds is 5. The van der Waals surface area contributed by atoms with Gasteiger partial charge in [-0.05, 0) is 0 Å². The normalized spacial score (nSPS) is 11.7. The Hall–Kier alpha value is -2.44. The second-order valence-corrected chi connectivity index (χ2v) is 9.21. The van der Waals surface area contributed by atoms with Crippen LogP contribution in [-0.4, -0.2) is 13.1 Å². The number of carbonyl (C=O) groups is 1. The molecule has 1 radical (unpaired) electrons. The number of hydrogen-bond acceptors (Lipinski definition) is 2. The molecular weight excluding hydrogens is 315 g/mol. The van der Waals surface area contributed by atoms with Crippen molar-refractivity contribution in [1.29, 1.82) is 0 Å². The summed E-state index contributed by atoms with van der Waals surface area (Å²) >= 11 is 0. The maximum atomic E-state index is 12.3. The van der Waals surface area contributed by atoms with Gasteiger partial charge in [0.2, 0.25) is 0 Å². The van der Waals surface area contributed by atoms with E-state index in [2.05, 4.69) is 36.4 Å². The van der Waals surface area contributed by atoms with Crippen LogP contribution in [0.5, 0.6) is 0 Å². The Morgan fingerprint density at radius 2 is 1.04 bits per heavy atom. The maximum absolute atomic E-state index is 12.3. The van der Waals surface area contributed by atoms with E-state index < -0.39 is 7.26 Å². The van der Waals surface area contributed by atoms with Crippen LogP contribution >= 0.6 is 7.26 Å². The first-order valence-electron chi connectivity index (χ1n) is 7.88. The van der Waals surface area contributed by atoms with Gasteiger partial charge in [-0.3, -0.25) is 0 Å². The number of carbonyl (C=O) groups excluding carboxylic acids is 1. The molecule has 3 aromatic rings. The summed E-state index contributed by atoms with van der Waals surface area (Å²) in [6.07, 6.45) is 1.80. The average Bonchev–Trinajstić information content (AvgIpc) is 2.68. The Labute approximate surface area is 143 Å². The van der Waals surface area contributed by atoms with Crippen molar-refractivity contribution in [3.63, 3.8) is 0 Å². The molecule has 0 aliphatic heterocycles. The molecular formula is C21H20O2P. The molecule has 24 heavy (non-hydrogen) atoms. The third kappa shape index (κ3) is 3.11. The Morgan fingerprint density at radius 3 is 1.33 bits per heavy atom. The fourth-order valence-electron chi connectivity index (χ4n) is 3.09. The predicted molar refractivity (Wildman–Crippen MR) is 103 cm³/mol. The Balaban J connectivity index is 2.30. The summed E-state index contributed by atoms with van der Waals surface area (Å²) in [7, 11) is -1.18. The van der Waals surface area contributed by atoms with Crippen molar-refractivity contribution in [3.8, 4) is 0 Å². The van der Waals surface area contributed by atoms with Crippen molar-refractivity contribution in [2.24, 2.45) is 0 Å². The van der Waals surface area contributed by atoms with Crippen LogP contribution in [0.25, 0.3) is 0 Å². The van der Waals surface area contributed by atoms with Crippen molar-refractivity contribution in [1.82, 2.24) is 0 Å². The molecule has 3 rings (SSSR count). The third-order valence-electron chi connectivity index (χ3n) is 4.22. The van der Waals surface area contributed by atoms with E-state index in [-0.39, 0.29) is 5.97 Å². The molecule has 0 heterocycles. The molecule has 0 bridgehead atoms. The summed E-state index contributed by atoms with van der Waals surface area (Å²) in [5, 5.41) is 3.48. The average molecular weight is 335 g/mol. The van der Waals surface area contributed by atoms with E-state index in [0.29, 0.717) is 0 Å². The van der Waals surface area contributed by atoms with E-state index in [1.165, 1.54) is 7.11 Å². The molecule has 0 unspecified atom stereocenters. The molecule has 0 aromatic heterocycles. The monoisotopic (exact) mass is 335 g/mol. The van der Waals surface area contributed by atoms with E-state index in [4.69, 9.17) is 4.74 Å². The van der Waals surface area contributed by atoms with E-state index in [0.717, 1.165) is 15.9 Å². The summed E-state index contributed by atoms with van der Waals surface area (Å²) in [5.74, 6) is -0.293. The van der Waals surface area contributed by atoms with Gasteiger partial charge < -0.3 is 0 Å². The Morgan fingerprint density at radius 1 is 0.708 bits per heavy atom. The first-order chi connectivity index (χ1) is 11.8. The zero-order valence-corrected chi connectivity index (χ0v) is 14.6. The van der Waals surface area contributed by atoms with Gasteiger partial charge in [-0.1, -0.05) is 0 Å². The van der Waals surface area contributed by atoms with Gasteiger partial charge >= 0.3 is 143 Å². The second-order valence-electron chi connectivity index (χ2n) is 5.57. The van der Waals surface area contributed by atoms with Gasteiger partial charge in [0, 0.05) is 0 Å². The molecule has 0 saturated carbocycles. The van der Waals surface area contributed by atoms with Gasteiger partial charge in [-0.15, -0.1) is 0 Å². The molecule has 0 spiro atoms. The third-order valence-corrected chi connectivity index (χ3v) is 8.62. The van der Waals surface area contributed by atoms with Crippen LogP contribution in [0.15, 0.2) is 91.0 Å². The van der Waals surface area contributed by atoms with E-state index in [9.17, 15) is 4.79 Å². The van der Waals surface area contributed by atoms with Crippen molar-refractivity contribution < 1.29 is 9.53 Å². The first kappa shape index (κ1) is 16.4. The van der Waals surface area contributed by atoms with Crippen LogP contribution in [-0.2, 0) is 9.53 Å². The van der Waals surface area contributed by atoms with E-state index in [1.807, 2.05) is 54.6 Å². The summed E-state index contributed by atoms with van der Waals surface area (Å²) in [6.45, 7) is 0. The molecule has 3 aromatic carbocycles. The van der Waals surface area contributed by atoms with Crippen molar-refractivity contribution >= 4 is 29.1 Å². The molecule has 0 atom stereocenters. The van der Waals surface area contributed by atoms with Crippen molar-refractivity contribution in [2.45, 2.75) is 0 Å². The number of methoxy groups -OCH3 is 1.